The molecule has 0 radical (unpaired) electrons. The number of nitrogens with two attached hydrogens (primary N) is 1. The van der Waals surface area contributed by atoms with Crippen molar-refractivity contribution in [3.63, 3.8) is 0 Å². The van der Waals surface area contributed by atoms with Crippen LogP contribution in [0.15, 0.2) is 24.3 Å². The minimum absolute atomic E-state index is 0.435. The number of rotatable bonds is 2. The molecule has 1 heterocycles. The van der Waals surface area contributed by atoms with Crippen LogP contribution in [-0.4, -0.2) is 20.2 Å². The first-order valence-corrected chi connectivity index (χ1v) is 5.40. The summed E-state index contributed by atoms with van der Waals surface area (Å²) in [5.41, 5.74) is 7.55. The van der Waals surface area contributed by atoms with Crippen molar-refractivity contribution in [1.82, 2.24) is 20.2 Å². The van der Waals surface area contributed by atoms with E-state index in [1.807, 2.05) is 28.9 Å². The fraction of sp³-hybridized carbons (Fsp3) is 0.364. The van der Waals surface area contributed by atoms with Gasteiger partial charge in [-0.1, -0.05) is 19.1 Å². The van der Waals surface area contributed by atoms with Crippen LogP contribution < -0.4 is 5.73 Å². The fourth-order valence-electron chi connectivity index (χ4n) is 1.94. The van der Waals surface area contributed by atoms with E-state index in [9.17, 15) is 0 Å². The number of para-hydroxylation sites is 1. The summed E-state index contributed by atoms with van der Waals surface area (Å²) in [7, 11) is 0. The number of hydrogen-bond acceptors (Lipinski definition) is 4. The van der Waals surface area contributed by atoms with Gasteiger partial charge in [-0.05, 0) is 34.9 Å². The van der Waals surface area contributed by atoms with E-state index in [1.54, 1.807) is 0 Å². The number of benzene rings is 1. The third-order valence-electron chi connectivity index (χ3n) is 3.08. The van der Waals surface area contributed by atoms with Crippen molar-refractivity contribution in [2.75, 3.05) is 5.73 Å². The molecule has 0 aliphatic heterocycles. The summed E-state index contributed by atoms with van der Waals surface area (Å²) in [5.74, 6) is 1.43. The van der Waals surface area contributed by atoms with Crippen molar-refractivity contribution in [3.05, 3.63) is 24.3 Å². The van der Waals surface area contributed by atoms with Gasteiger partial charge in [0.05, 0.1) is 6.04 Å². The predicted molar refractivity (Wildman–Crippen MR) is 60.5 cm³/mol. The van der Waals surface area contributed by atoms with Crippen LogP contribution in [-0.2, 0) is 0 Å². The highest BCUT2D eigenvalue weighted by atomic mass is 15.6. The lowest BCUT2D eigenvalue weighted by Crippen LogP contribution is -2.02. The quantitative estimate of drug-likeness (QED) is 0.771. The summed E-state index contributed by atoms with van der Waals surface area (Å²) >= 11 is 0. The zero-order chi connectivity index (χ0) is 11.1. The van der Waals surface area contributed by atoms with E-state index in [0.29, 0.717) is 17.6 Å². The Morgan fingerprint density at radius 2 is 2.12 bits per heavy atom. The summed E-state index contributed by atoms with van der Waals surface area (Å²) in [6.07, 6.45) is 1.14. The molecular formula is C11H13N5. The Morgan fingerprint density at radius 3 is 2.81 bits per heavy atom. The first-order chi connectivity index (χ1) is 7.77. The molecule has 2 atom stereocenters. The van der Waals surface area contributed by atoms with Crippen LogP contribution in [0.1, 0.15) is 19.4 Å². The zero-order valence-corrected chi connectivity index (χ0v) is 9.04. The van der Waals surface area contributed by atoms with Gasteiger partial charge in [0.15, 0.2) is 5.82 Å². The maximum Gasteiger partial charge on any atom is 0.184 e. The zero-order valence-electron chi connectivity index (χ0n) is 9.04. The van der Waals surface area contributed by atoms with Gasteiger partial charge in [-0.2, -0.15) is 0 Å². The molecule has 5 nitrogen and oxygen atoms in total. The van der Waals surface area contributed by atoms with E-state index in [2.05, 4.69) is 22.4 Å². The van der Waals surface area contributed by atoms with Gasteiger partial charge in [0.1, 0.15) is 0 Å². The molecule has 0 spiro atoms. The molecular weight excluding hydrogens is 202 g/mol. The molecule has 1 aromatic heterocycles. The second-order valence-electron chi connectivity index (χ2n) is 4.31. The number of aromatic nitrogens is 4. The number of nitrogens with zero attached hydrogens (tertiary/aromatic N) is 4. The Labute approximate surface area is 93.3 Å². The maximum absolute atomic E-state index is 5.93. The molecule has 1 aliphatic rings. The molecule has 16 heavy (non-hydrogen) atoms. The van der Waals surface area contributed by atoms with E-state index in [0.717, 1.165) is 17.8 Å². The van der Waals surface area contributed by atoms with Gasteiger partial charge in [0.25, 0.3) is 0 Å². The highest BCUT2D eigenvalue weighted by molar-refractivity contribution is 5.71. The van der Waals surface area contributed by atoms with Crippen LogP contribution in [0.4, 0.5) is 5.69 Å². The first-order valence-electron chi connectivity index (χ1n) is 5.40. The van der Waals surface area contributed by atoms with Gasteiger partial charge >= 0.3 is 0 Å². The van der Waals surface area contributed by atoms with Crippen LogP contribution in [0.25, 0.3) is 11.4 Å². The number of anilines is 1. The normalized spacial score (nSPS) is 23.3. The monoisotopic (exact) mass is 215 g/mol. The summed E-state index contributed by atoms with van der Waals surface area (Å²) in [6, 6.07) is 8.10. The van der Waals surface area contributed by atoms with Crippen molar-refractivity contribution < 1.29 is 0 Å². The lowest BCUT2D eigenvalue weighted by molar-refractivity contribution is 0.584. The first kappa shape index (κ1) is 9.33. The van der Waals surface area contributed by atoms with E-state index in [-0.39, 0.29) is 0 Å². The highest BCUT2D eigenvalue weighted by Crippen LogP contribution is 2.43. The van der Waals surface area contributed by atoms with E-state index < -0.39 is 0 Å². The van der Waals surface area contributed by atoms with Crippen LogP contribution in [0.5, 0.6) is 0 Å². The van der Waals surface area contributed by atoms with Gasteiger partial charge in [-0.25, -0.2) is 4.68 Å². The van der Waals surface area contributed by atoms with E-state index in [1.165, 1.54) is 0 Å². The molecule has 82 valence electrons. The Hall–Kier alpha value is -1.91. The topological polar surface area (TPSA) is 69.6 Å². The van der Waals surface area contributed by atoms with Crippen LogP contribution in [0.2, 0.25) is 0 Å². The number of nitrogen functional groups attached to an aromatic ring is 1. The summed E-state index contributed by atoms with van der Waals surface area (Å²) < 4.78 is 1.89. The molecule has 5 heteroatoms. The van der Waals surface area contributed by atoms with Crippen molar-refractivity contribution in [1.29, 1.82) is 0 Å². The molecule has 0 amide bonds. The van der Waals surface area contributed by atoms with Crippen molar-refractivity contribution >= 4 is 5.69 Å². The van der Waals surface area contributed by atoms with Crippen LogP contribution >= 0.6 is 0 Å². The minimum Gasteiger partial charge on any atom is -0.398 e. The second-order valence-corrected chi connectivity index (χ2v) is 4.31. The van der Waals surface area contributed by atoms with Gasteiger partial charge < -0.3 is 5.73 Å². The molecule has 1 fully saturated rings. The molecule has 1 aromatic carbocycles. The molecule has 0 bridgehead atoms. The van der Waals surface area contributed by atoms with Gasteiger partial charge in [-0.3, -0.25) is 0 Å². The Balaban J connectivity index is 2.07. The molecule has 3 rings (SSSR count). The Bertz CT molecular complexity index is 519. The van der Waals surface area contributed by atoms with Crippen LogP contribution in [0.3, 0.4) is 0 Å². The summed E-state index contributed by atoms with van der Waals surface area (Å²) in [5, 5.41) is 11.9. The highest BCUT2D eigenvalue weighted by Gasteiger charge is 2.37. The number of hydrogen-bond donors (Lipinski definition) is 1. The molecule has 2 unspecified atom stereocenters. The van der Waals surface area contributed by atoms with Gasteiger partial charge in [-0.15, -0.1) is 5.10 Å². The molecule has 1 saturated carbocycles. The predicted octanol–water partition coefficient (Wildman–Crippen LogP) is 1.50. The van der Waals surface area contributed by atoms with E-state index in [4.69, 9.17) is 5.73 Å². The van der Waals surface area contributed by atoms with Crippen molar-refractivity contribution in [2.24, 2.45) is 5.92 Å². The Kier molecular flexibility index (Phi) is 1.92. The number of tetrazole rings is 1. The average Bonchev–Trinajstić information content (AvgIpc) is 2.82. The second kappa shape index (κ2) is 3.30. The maximum atomic E-state index is 5.93. The summed E-state index contributed by atoms with van der Waals surface area (Å²) in [4.78, 5) is 0. The minimum atomic E-state index is 0.435. The molecule has 2 aromatic rings. The third-order valence-corrected chi connectivity index (χ3v) is 3.08. The van der Waals surface area contributed by atoms with Gasteiger partial charge in [0, 0.05) is 11.3 Å². The molecule has 1 aliphatic carbocycles. The fourth-order valence-corrected chi connectivity index (χ4v) is 1.94. The van der Waals surface area contributed by atoms with Crippen molar-refractivity contribution in [3.8, 4) is 11.4 Å². The molecule has 0 saturated heterocycles. The third kappa shape index (κ3) is 1.36. The Morgan fingerprint density at radius 1 is 1.38 bits per heavy atom. The SMILES string of the molecule is CC1CC1n1nnnc1-c1ccccc1N. The largest absolute Gasteiger partial charge is 0.398 e. The lowest BCUT2D eigenvalue weighted by atomic mass is 10.1. The van der Waals surface area contributed by atoms with Crippen LogP contribution in [0, 0.1) is 5.92 Å². The molecule has 2 N–H and O–H groups in total. The summed E-state index contributed by atoms with van der Waals surface area (Å²) in [6.45, 7) is 2.20. The standard InChI is InChI=1S/C11H13N5/c1-7-6-10(7)16-11(13-14-15-16)8-4-2-3-5-9(8)12/h2-5,7,10H,6,12H2,1H3. The van der Waals surface area contributed by atoms with E-state index >= 15 is 0 Å². The average molecular weight is 215 g/mol. The smallest absolute Gasteiger partial charge is 0.184 e. The lowest BCUT2D eigenvalue weighted by Gasteiger charge is -2.05. The van der Waals surface area contributed by atoms with Crippen molar-refractivity contribution in [2.45, 2.75) is 19.4 Å². The van der Waals surface area contributed by atoms with Gasteiger partial charge in [0.2, 0.25) is 0 Å².